The van der Waals surface area contributed by atoms with Crippen LogP contribution in [0.4, 0.5) is 0 Å². The average molecular weight is 343 g/mol. The molecule has 6 heteroatoms. The van der Waals surface area contributed by atoms with E-state index < -0.39 is 12.1 Å². The molecule has 2 aromatic rings. The van der Waals surface area contributed by atoms with Crippen LogP contribution in [0.25, 0.3) is 10.9 Å². The van der Waals surface area contributed by atoms with Gasteiger partial charge in [0.05, 0.1) is 5.52 Å². The molecule has 0 spiro atoms. The van der Waals surface area contributed by atoms with Gasteiger partial charge in [-0.3, -0.25) is 9.89 Å². The Morgan fingerprint density at radius 3 is 2.72 bits per heavy atom. The second kappa shape index (κ2) is 7.68. The van der Waals surface area contributed by atoms with E-state index in [1.54, 1.807) is 6.92 Å². The summed E-state index contributed by atoms with van der Waals surface area (Å²) in [5, 5.41) is 7.55. The van der Waals surface area contributed by atoms with Gasteiger partial charge in [-0.1, -0.05) is 37.5 Å². The van der Waals surface area contributed by atoms with Gasteiger partial charge in [-0.25, -0.2) is 4.79 Å². The zero-order valence-corrected chi connectivity index (χ0v) is 14.8. The fourth-order valence-corrected chi connectivity index (χ4v) is 3.61. The molecule has 1 N–H and O–H groups in total. The fraction of sp³-hybridized carbons (Fsp3) is 0.526. The first-order chi connectivity index (χ1) is 12.1. The highest BCUT2D eigenvalue weighted by atomic mass is 16.5. The molecule has 0 unspecified atom stereocenters. The fourth-order valence-electron chi connectivity index (χ4n) is 3.61. The van der Waals surface area contributed by atoms with E-state index >= 15 is 0 Å². The van der Waals surface area contributed by atoms with Gasteiger partial charge in [0, 0.05) is 18.0 Å². The minimum absolute atomic E-state index is 0.123. The van der Waals surface area contributed by atoms with Gasteiger partial charge < -0.3 is 9.64 Å². The van der Waals surface area contributed by atoms with Gasteiger partial charge in [0.15, 0.2) is 11.8 Å². The molecule has 1 aliphatic rings. The molecule has 1 heterocycles. The smallest absolute Gasteiger partial charge is 0.360 e. The van der Waals surface area contributed by atoms with Crippen molar-refractivity contribution in [1.29, 1.82) is 0 Å². The molecule has 0 radical (unpaired) electrons. The summed E-state index contributed by atoms with van der Waals surface area (Å²) >= 11 is 0. The number of para-hydroxylation sites is 1. The number of hydrogen-bond acceptors (Lipinski definition) is 4. The van der Waals surface area contributed by atoms with Gasteiger partial charge in [-0.05, 0) is 32.8 Å². The molecule has 0 bridgehead atoms. The molecular formula is C19H25N3O3. The topological polar surface area (TPSA) is 75.3 Å². The minimum atomic E-state index is -0.815. The number of carbonyl (C=O) groups excluding carboxylic acids is 2. The van der Waals surface area contributed by atoms with Crippen LogP contribution < -0.4 is 0 Å². The van der Waals surface area contributed by atoms with Crippen molar-refractivity contribution < 1.29 is 14.3 Å². The number of carbonyl (C=O) groups is 2. The summed E-state index contributed by atoms with van der Waals surface area (Å²) in [4.78, 5) is 27.1. The Labute approximate surface area is 147 Å². The van der Waals surface area contributed by atoms with Crippen LogP contribution in [0.5, 0.6) is 0 Å². The standard InChI is InChI=1S/C19H25N3O3/c1-3-22(14-9-5-4-6-10-14)18(23)13(2)25-19(24)17-15-11-7-8-12-16(15)20-21-17/h7-8,11-14H,3-6,9-10H2,1-2H3,(H,20,21)/t13-/m0/s1. The molecule has 3 rings (SSSR count). The lowest BCUT2D eigenvalue weighted by molar-refractivity contribution is -0.142. The summed E-state index contributed by atoms with van der Waals surface area (Å²) in [6.45, 7) is 4.25. The van der Waals surface area contributed by atoms with Crippen LogP contribution in [0.1, 0.15) is 56.4 Å². The molecule has 1 amide bonds. The highest BCUT2D eigenvalue weighted by molar-refractivity contribution is 6.02. The number of nitrogens with one attached hydrogen (secondary N) is 1. The maximum atomic E-state index is 12.8. The quantitative estimate of drug-likeness (QED) is 0.845. The zero-order chi connectivity index (χ0) is 17.8. The maximum Gasteiger partial charge on any atom is 0.360 e. The number of ether oxygens (including phenoxy) is 1. The first-order valence-electron chi connectivity index (χ1n) is 9.06. The Hall–Kier alpha value is -2.37. The van der Waals surface area contributed by atoms with Gasteiger partial charge in [0.2, 0.25) is 0 Å². The van der Waals surface area contributed by atoms with Crippen LogP contribution in [0.15, 0.2) is 24.3 Å². The number of amides is 1. The van der Waals surface area contributed by atoms with Gasteiger partial charge in [-0.15, -0.1) is 0 Å². The van der Waals surface area contributed by atoms with E-state index in [1.165, 1.54) is 6.42 Å². The predicted octanol–water partition coefficient (Wildman–Crippen LogP) is 3.29. The number of H-pyrrole nitrogens is 1. The van der Waals surface area contributed by atoms with Gasteiger partial charge in [-0.2, -0.15) is 5.10 Å². The van der Waals surface area contributed by atoms with Gasteiger partial charge in [0.1, 0.15) is 0 Å². The molecule has 1 atom stereocenters. The third kappa shape index (κ3) is 3.67. The van der Waals surface area contributed by atoms with Crippen molar-refractivity contribution in [2.24, 2.45) is 0 Å². The first-order valence-corrected chi connectivity index (χ1v) is 9.06. The minimum Gasteiger partial charge on any atom is -0.448 e. The normalized spacial score (nSPS) is 16.6. The molecule has 1 fully saturated rings. The molecule has 1 aliphatic carbocycles. The van der Waals surface area contributed by atoms with Crippen LogP contribution in [0.2, 0.25) is 0 Å². The summed E-state index contributed by atoms with van der Waals surface area (Å²) in [7, 11) is 0. The second-order valence-electron chi connectivity index (χ2n) is 6.58. The molecule has 1 aromatic heterocycles. The Balaban J connectivity index is 1.68. The number of hydrogen-bond donors (Lipinski definition) is 1. The van der Waals surface area contributed by atoms with Gasteiger partial charge >= 0.3 is 5.97 Å². The number of nitrogens with zero attached hydrogens (tertiary/aromatic N) is 2. The van der Waals surface area contributed by atoms with E-state index in [-0.39, 0.29) is 17.6 Å². The van der Waals surface area contributed by atoms with E-state index in [2.05, 4.69) is 10.2 Å². The molecule has 1 saturated carbocycles. The summed E-state index contributed by atoms with van der Waals surface area (Å²) < 4.78 is 5.43. The predicted molar refractivity (Wildman–Crippen MR) is 95.2 cm³/mol. The molecule has 6 nitrogen and oxygen atoms in total. The van der Waals surface area contributed by atoms with Crippen molar-refractivity contribution in [2.45, 2.75) is 58.1 Å². The molecule has 0 saturated heterocycles. The third-order valence-corrected chi connectivity index (χ3v) is 4.93. The monoisotopic (exact) mass is 343 g/mol. The van der Waals surface area contributed by atoms with E-state index in [0.29, 0.717) is 11.9 Å². The number of likely N-dealkylation sites (N-methyl/N-ethyl adjacent to an activating group) is 1. The average Bonchev–Trinajstić information content (AvgIpc) is 3.07. The second-order valence-corrected chi connectivity index (χ2v) is 6.58. The van der Waals surface area contributed by atoms with Crippen molar-refractivity contribution in [3.8, 4) is 0 Å². The SMILES string of the molecule is CCN(C(=O)[C@H](C)OC(=O)c1n[nH]c2ccccc12)C1CCCCC1. The Bertz CT molecular complexity index is 749. The molecular weight excluding hydrogens is 318 g/mol. The van der Waals surface area contributed by atoms with Crippen LogP contribution in [0.3, 0.4) is 0 Å². The van der Waals surface area contributed by atoms with Crippen LogP contribution in [-0.2, 0) is 9.53 Å². The Morgan fingerprint density at radius 1 is 1.28 bits per heavy atom. The number of esters is 1. The number of rotatable bonds is 5. The van der Waals surface area contributed by atoms with Crippen molar-refractivity contribution in [1.82, 2.24) is 15.1 Å². The van der Waals surface area contributed by atoms with Crippen LogP contribution in [0, 0.1) is 0 Å². The van der Waals surface area contributed by atoms with Crippen molar-refractivity contribution in [3.05, 3.63) is 30.0 Å². The maximum absolute atomic E-state index is 12.8. The lowest BCUT2D eigenvalue weighted by Gasteiger charge is -2.34. The van der Waals surface area contributed by atoms with E-state index in [0.717, 1.165) is 31.2 Å². The number of fused-ring (bicyclic) bond motifs is 1. The molecule has 0 aliphatic heterocycles. The van der Waals surface area contributed by atoms with Crippen molar-refractivity contribution in [3.63, 3.8) is 0 Å². The summed E-state index contributed by atoms with van der Waals surface area (Å²) in [5.74, 6) is -0.694. The Kier molecular flexibility index (Phi) is 5.36. The number of benzene rings is 1. The summed E-state index contributed by atoms with van der Waals surface area (Å²) in [5.41, 5.74) is 0.988. The molecule has 25 heavy (non-hydrogen) atoms. The number of aromatic nitrogens is 2. The van der Waals surface area contributed by atoms with E-state index in [9.17, 15) is 9.59 Å². The summed E-state index contributed by atoms with van der Waals surface area (Å²) in [6.07, 6.45) is 4.79. The lowest BCUT2D eigenvalue weighted by atomic mass is 9.94. The van der Waals surface area contributed by atoms with E-state index in [4.69, 9.17) is 4.74 Å². The van der Waals surface area contributed by atoms with Gasteiger partial charge in [0.25, 0.3) is 5.91 Å². The third-order valence-electron chi connectivity index (χ3n) is 4.93. The first kappa shape index (κ1) is 17.5. The zero-order valence-electron chi connectivity index (χ0n) is 14.8. The van der Waals surface area contributed by atoms with Crippen LogP contribution in [-0.4, -0.2) is 45.7 Å². The number of aromatic amines is 1. The van der Waals surface area contributed by atoms with Crippen molar-refractivity contribution in [2.75, 3.05) is 6.54 Å². The Morgan fingerprint density at radius 2 is 2.00 bits per heavy atom. The molecule has 1 aromatic carbocycles. The lowest BCUT2D eigenvalue weighted by Crippen LogP contribution is -2.46. The summed E-state index contributed by atoms with van der Waals surface area (Å²) in [6, 6.07) is 7.62. The highest BCUT2D eigenvalue weighted by Crippen LogP contribution is 2.24. The molecule has 134 valence electrons. The highest BCUT2D eigenvalue weighted by Gasteiger charge is 2.30. The van der Waals surface area contributed by atoms with Crippen LogP contribution >= 0.6 is 0 Å². The van der Waals surface area contributed by atoms with Crippen molar-refractivity contribution >= 4 is 22.8 Å². The largest absolute Gasteiger partial charge is 0.448 e. The van der Waals surface area contributed by atoms with E-state index in [1.807, 2.05) is 36.1 Å².